The topological polar surface area (TPSA) is 131 Å². The van der Waals surface area contributed by atoms with Crippen LogP contribution in [0.3, 0.4) is 0 Å². The number of fused-ring (bicyclic) bond motifs is 1. The summed E-state index contributed by atoms with van der Waals surface area (Å²) in [5, 5.41) is 14.1. The molecule has 1 atom stereocenters. The molecule has 4 heterocycles. The van der Waals surface area contributed by atoms with E-state index in [0.717, 1.165) is 35.1 Å². The fourth-order valence-electron chi connectivity index (χ4n) is 4.05. The van der Waals surface area contributed by atoms with E-state index in [4.69, 9.17) is 9.57 Å². The molecule has 32 heavy (non-hydrogen) atoms. The van der Waals surface area contributed by atoms with Gasteiger partial charge in [0, 0.05) is 51.7 Å². The van der Waals surface area contributed by atoms with E-state index in [9.17, 15) is 9.59 Å². The first-order valence-corrected chi connectivity index (χ1v) is 10.8. The first-order chi connectivity index (χ1) is 15.5. The molecular formula is C21H29N7O4. The van der Waals surface area contributed by atoms with Gasteiger partial charge in [-0.1, -0.05) is 0 Å². The minimum atomic E-state index is -1.47. The molecule has 0 radical (unpaired) electrons. The normalized spacial score (nSPS) is 21.2. The van der Waals surface area contributed by atoms with E-state index >= 15 is 0 Å². The summed E-state index contributed by atoms with van der Waals surface area (Å²) in [5.41, 5.74) is 4.32. The lowest BCUT2D eigenvalue weighted by Gasteiger charge is -2.25. The van der Waals surface area contributed by atoms with Crippen LogP contribution in [0.2, 0.25) is 0 Å². The number of aromatic nitrogens is 3. The predicted molar refractivity (Wildman–Crippen MR) is 118 cm³/mol. The number of ether oxygens (including phenoxy) is 1. The zero-order chi connectivity index (χ0) is 22.7. The number of pyridine rings is 1. The third-order valence-electron chi connectivity index (χ3n) is 5.86. The van der Waals surface area contributed by atoms with E-state index in [1.54, 1.807) is 18.5 Å². The smallest absolute Gasteiger partial charge is 0.259 e. The van der Waals surface area contributed by atoms with Crippen molar-refractivity contribution in [2.45, 2.75) is 44.4 Å². The van der Waals surface area contributed by atoms with Gasteiger partial charge < -0.3 is 20.7 Å². The Balaban J connectivity index is 1.78. The van der Waals surface area contributed by atoms with Crippen LogP contribution >= 0.6 is 0 Å². The number of hydroxylamine groups is 1. The fourth-order valence-corrected chi connectivity index (χ4v) is 4.05. The number of amides is 2. The highest BCUT2D eigenvalue weighted by Gasteiger charge is 2.45. The molecule has 11 nitrogen and oxygen atoms in total. The van der Waals surface area contributed by atoms with Gasteiger partial charge in [0.1, 0.15) is 0 Å². The van der Waals surface area contributed by atoms with Crippen molar-refractivity contribution >= 4 is 34.2 Å². The molecule has 2 aliphatic heterocycles. The molecule has 1 fully saturated rings. The van der Waals surface area contributed by atoms with Crippen molar-refractivity contribution in [1.29, 1.82) is 0 Å². The van der Waals surface area contributed by atoms with Crippen molar-refractivity contribution in [3.05, 3.63) is 24.0 Å². The molecule has 1 unspecified atom stereocenters. The molecular weight excluding hydrogens is 414 g/mol. The van der Waals surface area contributed by atoms with Crippen molar-refractivity contribution in [3.8, 4) is 0 Å². The Hall–Kier alpha value is -3.18. The van der Waals surface area contributed by atoms with Crippen LogP contribution < -0.4 is 21.4 Å². The summed E-state index contributed by atoms with van der Waals surface area (Å²) in [6.07, 6.45) is 6.78. The van der Waals surface area contributed by atoms with Crippen LogP contribution in [-0.4, -0.2) is 65.5 Å². The van der Waals surface area contributed by atoms with E-state index in [1.165, 1.54) is 14.1 Å². The predicted octanol–water partition coefficient (Wildman–Crippen LogP) is 0.539. The van der Waals surface area contributed by atoms with Crippen molar-refractivity contribution in [1.82, 2.24) is 30.9 Å². The van der Waals surface area contributed by atoms with Crippen LogP contribution in [0.1, 0.15) is 31.7 Å². The van der Waals surface area contributed by atoms with Gasteiger partial charge in [0.15, 0.2) is 5.65 Å². The second kappa shape index (κ2) is 9.13. The zero-order valence-electron chi connectivity index (χ0n) is 18.5. The first kappa shape index (κ1) is 22.0. The highest BCUT2D eigenvalue weighted by atomic mass is 16.7. The summed E-state index contributed by atoms with van der Waals surface area (Å²) in [4.78, 5) is 35.1. The standard InChI is InChI=1S/C21H29N7O4/c1-4-28-19-15(12-25-28)18(26-13-5-7-31-8-6-13)14(11-24-19)16-9-21(32-27-16,20(30)23-3)10-17(29)22-2/h9,11-13,27H,4-8,10H2,1-3H3,(H,22,29)(H,23,30)(H,24,26). The minimum absolute atomic E-state index is 0.161. The number of nitrogens with zero attached hydrogens (tertiary/aromatic N) is 3. The van der Waals surface area contributed by atoms with Crippen LogP contribution in [0.25, 0.3) is 16.7 Å². The minimum Gasteiger partial charge on any atom is -0.381 e. The summed E-state index contributed by atoms with van der Waals surface area (Å²) in [6, 6.07) is 0.232. The number of nitrogens with one attached hydrogen (secondary N) is 4. The molecule has 0 aliphatic carbocycles. The number of hydrogen-bond donors (Lipinski definition) is 4. The average Bonchev–Trinajstić information content (AvgIpc) is 3.44. The average molecular weight is 444 g/mol. The molecule has 0 saturated carbocycles. The number of hydrogen-bond acceptors (Lipinski definition) is 8. The number of rotatable bonds is 7. The van der Waals surface area contributed by atoms with Gasteiger partial charge in [0.25, 0.3) is 5.91 Å². The lowest BCUT2D eigenvalue weighted by molar-refractivity contribution is -0.148. The monoisotopic (exact) mass is 443 g/mol. The van der Waals surface area contributed by atoms with Gasteiger partial charge in [-0.3, -0.25) is 19.9 Å². The molecule has 11 heteroatoms. The Morgan fingerprint density at radius 1 is 1.25 bits per heavy atom. The molecule has 0 bridgehead atoms. The Labute approximate surface area is 185 Å². The summed E-state index contributed by atoms with van der Waals surface area (Å²) in [6.45, 7) is 4.11. The molecule has 4 N–H and O–H groups in total. The molecule has 0 aromatic carbocycles. The van der Waals surface area contributed by atoms with Crippen LogP contribution in [-0.2, 0) is 25.7 Å². The number of aryl methyl sites for hydroxylation is 1. The third-order valence-corrected chi connectivity index (χ3v) is 5.86. The molecule has 0 spiro atoms. The van der Waals surface area contributed by atoms with Crippen LogP contribution in [0.5, 0.6) is 0 Å². The maximum absolute atomic E-state index is 12.7. The molecule has 2 amide bonds. The van der Waals surface area contributed by atoms with Crippen LogP contribution in [0.4, 0.5) is 5.69 Å². The van der Waals surface area contributed by atoms with Crippen molar-refractivity contribution in [2.75, 3.05) is 32.6 Å². The van der Waals surface area contributed by atoms with Crippen molar-refractivity contribution in [3.63, 3.8) is 0 Å². The maximum atomic E-state index is 12.7. The second-order valence-corrected chi connectivity index (χ2v) is 7.86. The first-order valence-electron chi connectivity index (χ1n) is 10.8. The maximum Gasteiger partial charge on any atom is 0.259 e. The van der Waals surface area contributed by atoms with Gasteiger partial charge in [0.05, 0.1) is 29.4 Å². The Morgan fingerprint density at radius 2 is 2.03 bits per heavy atom. The van der Waals surface area contributed by atoms with E-state index in [1.807, 2.05) is 11.6 Å². The third kappa shape index (κ3) is 4.00. The van der Waals surface area contributed by atoms with Gasteiger partial charge in [0.2, 0.25) is 11.5 Å². The van der Waals surface area contributed by atoms with Gasteiger partial charge in [-0.25, -0.2) is 9.67 Å². The molecule has 4 rings (SSSR count). The van der Waals surface area contributed by atoms with E-state index < -0.39 is 11.5 Å². The number of likely N-dealkylation sites (N-methyl/N-ethyl adjacent to an activating group) is 1. The lowest BCUT2D eigenvalue weighted by Crippen LogP contribution is -2.48. The van der Waals surface area contributed by atoms with Gasteiger partial charge in [-0.2, -0.15) is 5.10 Å². The Bertz CT molecular complexity index is 1040. The van der Waals surface area contributed by atoms with Gasteiger partial charge >= 0.3 is 0 Å². The molecule has 2 aromatic heterocycles. The number of carbonyl (C=O) groups is 2. The number of carbonyl (C=O) groups excluding carboxylic acids is 2. The molecule has 1 saturated heterocycles. The van der Waals surface area contributed by atoms with Crippen LogP contribution in [0.15, 0.2) is 18.5 Å². The summed E-state index contributed by atoms with van der Waals surface area (Å²) in [5.74, 6) is -0.735. The summed E-state index contributed by atoms with van der Waals surface area (Å²) in [7, 11) is 3.03. The van der Waals surface area contributed by atoms with Gasteiger partial charge in [-0.05, 0) is 25.8 Å². The second-order valence-electron chi connectivity index (χ2n) is 7.86. The summed E-state index contributed by atoms with van der Waals surface area (Å²) < 4.78 is 7.33. The summed E-state index contributed by atoms with van der Waals surface area (Å²) >= 11 is 0. The molecule has 2 aliphatic rings. The van der Waals surface area contributed by atoms with Crippen molar-refractivity contribution < 1.29 is 19.2 Å². The lowest BCUT2D eigenvalue weighted by atomic mass is 9.95. The fraction of sp³-hybridized carbons (Fsp3) is 0.524. The number of anilines is 1. The Morgan fingerprint density at radius 3 is 2.72 bits per heavy atom. The largest absolute Gasteiger partial charge is 0.381 e. The molecule has 172 valence electrons. The van der Waals surface area contributed by atoms with Crippen molar-refractivity contribution in [2.24, 2.45) is 0 Å². The van der Waals surface area contributed by atoms with Crippen LogP contribution in [0, 0.1) is 0 Å². The molecule has 2 aromatic rings. The van der Waals surface area contributed by atoms with E-state index in [-0.39, 0.29) is 18.4 Å². The zero-order valence-corrected chi connectivity index (χ0v) is 18.5. The highest BCUT2D eigenvalue weighted by Crippen LogP contribution is 2.36. The quantitative estimate of drug-likeness (QED) is 0.488. The Kier molecular flexibility index (Phi) is 6.28. The highest BCUT2D eigenvalue weighted by molar-refractivity contribution is 5.99. The SMILES string of the molecule is CCn1ncc2c(NC3CCOCC3)c(C3=CC(CC(=O)NC)(C(=O)NC)ON3)cnc21. The van der Waals surface area contributed by atoms with E-state index in [0.29, 0.717) is 25.5 Å². The van der Waals surface area contributed by atoms with E-state index in [2.05, 4.69) is 31.5 Å². The van der Waals surface area contributed by atoms with Gasteiger partial charge in [-0.15, -0.1) is 0 Å².